The lowest BCUT2D eigenvalue weighted by Gasteiger charge is -2.46. The summed E-state index contributed by atoms with van der Waals surface area (Å²) in [6.07, 6.45) is 4.79. The second-order valence-corrected chi connectivity index (χ2v) is 8.94. The number of ether oxygens (including phenoxy) is 1. The number of methoxy groups -OCH3 is 1. The fraction of sp³-hybridized carbons (Fsp3) is 0.308. The molecule has 1 fully saturated rings. The first-order valence-electron chi connectivity index (χ1n) is 11.4. The number of hydrogen-bond donors (Lipinski definition) is 1. The molecule has 2 aromatic carbocycles. The summed E-state index contributed by atoms with van der Waals surface area (Å²) in [5.41, 5.74) is 3.47. The molecule has 0 spiro atoms. The predicted octanol–water partition coefficient (Wildman–Crippen LogP) is 4.75. The van der Waals surface area contributed by atoms with E-state index in [9.17, 15) is 20.0 Å². The van der Waals surface area contributed by atoms with E-state index in [1.165, 1.54) is 18.9 Å². The maximum Gasteiger partial charge on any atom is 0.412 e. The van der Waals surface area contributed by atoms with Gasteiger partial charge in [-0.2, -0.15) is 10.4 Å². The number of nitriles is 1. The summed E-state index contributed by atoms with van der Waals surface area (Å²) in [7, 11) is 1.50. The zero-order valence-corrected chi connectivity index (χ0v) is 19.7. The highest BCUT2D eigenvalue weighted by Gasteiger charge is 2.44. The van der Waals surface area contributed by atoms with Crippen LogP contribution in [0, 0.1) is 11.3 Å². The van der Waals surface area contributed by atoms with Crippen LogP contribution in [0.4, 0.5) is 16.2 Å². The summed E-state index contributed by atoms with van der Waals surface area (Å²) >= 11 is 0. The second kappa shape index (κ2) is 8.47. The van der Waals surface area contributed by atoms with E-state index in [4.69, 9.17) is 4.74 Å². The number of carbonyl (C=O) groups excluding carboxylic acids is 1. The summed E-state index contributed by atoms with van der Waals surface area (Å²) in [6.45, 7) is 3.27. The minimum absolute atomic E-state index is 0.210. The van der Waals surface area contributed by atoms with Gasteiger partial charge in [-0.25, -0.2) is 4.79 Å². The van der Waals surface area contributed by atoms with Gasteiger partial charge in [-0.1, -0.05) is 6.07 Å². The third-order valence-corrected chi connectivity index (χ3v) is 6.72. The van der Waals surface area contributed by atoms with Gasteiger partial charge in [-0.3, -0.25) is 14.4 Å². The van der Waals surface area contributed by atoms with E-state index in [-0.39, 0.29) is 5.91 Å². The lowest BCUT2D eigenvalue weighted by molar-refractivity contribution is -0.117. The van der Waals surface area contributed by atoms with E-state index in [1.54, 1.807) is 48.4 Å². The highest BCUT2D eigenvalue weighted by atomic mass is 16.5. The first kappa shape index (κ1) is 22.5. The monoisotopic (exact) mass is 471 g/mol. The van der Waals surface area contributed by atoms with Gasteiger partial charge in [-0.05, 0) is 55.7 Å². The summed E-state index contributed by atoms with van der Waals surface area (Å²) in [4.78, 5) is 28.4. The van der Waals surface area contributed by atoms with Crippen molar-refractivity contribution < 1.29 is 19.4 Å². The molecular weight excluding hydrogens is 446 g/mol. The van der Waals surface area contributed by atoms with Crippen LogP contribution in [0.15, 0.2) is 48.8 Å². The normalized spacial score (nSPS) is 19.1. The molecule has 3 aromatic rings. The van der Waals surface area contributed by atoms with Gasteiger partial charge in [-0.15, -0.1) is 0 Å². The molecule has 178 valence electrons. The Hall–Kier alpha value is -4.32. The van der Waals surface area contributed by atoms with E-state index in [2.05, 4.69) is 11.2 Å². The molecule has 0 radical (unpaired) electrons. The van der Waals surface area contributed by atoms with Crippen molar-refractivity contribution in [2.75, 3.05) is 16.9 Å². The number of anilines is 2. The molecule has 2 heterocycles. The van der Waals surface area contributed by atoms with Crippen LogP contribution in [0.5, 0.6) is 5.75 Å². The van der Waals surface area contributed by atoms with Crippen LogP contribution in [-0.4, -0.2) is 40.0 Å². The van der Waals surface area contributed by atoms with Crippen molar-refractivity contribution in [3.8, 4) is 22.9 Å². The van der Waals surface area contributed by atoms with Gasteiger partial charge in [0.1, 0.15) is 5.75 Å². The average molecular weight is 472 g/mol. The molecule has 1 saturated carbocycles. The van der Waals surface area contributed by atoms with Crippen molar-refractivity contribution in [2.45, 2.75) is 44.8 Å². The van der Waals surface area contributed by atoms with Crippen LogP contribution in [0.1, 0.15) is 49.9 Å². The third kappa shape index (κ3) is 3.77. The van der Waals surface area contributed by atoms with Crippen LogP contribution in [0.3, 0.4) is 0 Å². The van der Waals surface area contributed by atoms with Gasteiger partial charge in [0.25, 0.3) is 0 Å². The quantitative estimate of drug-likeness (QED) is 0.588. The largest absolute Gasteiger partial charge is 0.496 e. The molecule has 35 heavy (non-hydrogen) atoms. The Bertz CT molecular complexity index is 1370. The summed E-state index contributed by atoms with van der Waals surface area (Å²) in [6, 6.07) is 11.5. The number of carboxylic acid groups (broad SMARTS) is 1. The maximum absolute atomic E-state index is 12.8. The summed E-state index contributed by atoms with van der Waals surface area (Å²) < 4.78 is 7.48. The fourth-order valence-corrected chi connectivity index (χ4v) is 4.96. The number of amides is 2. The van der Waals surface area contributed by atoms with Crippen LogP contribution in [0.25, 0.3) is 11.1 Å². The Labute approximate surface area is 202 Å². The highest BCUT2D eigenvalue weighted by molar-refractivity contribution is 6.03. The first-order chi connectivity index (χ1) is 16.8. The fourth-order valence-electron chi connectivity index (χ4n) is 4.96. The number of aromatic nitrogens is 2. The van der Waals surface area contributed by atoms with Crippen LogP contribution < -0.4 is 14.5 Å². The number of rotatable bonds is 4. The van der Waals surface area contributed by atoms with E-state index in [1.807, 2.05) is 16.9 Å². The van der Waals surface area contributed by atoms with Crippen molar-refractivity contribution in [1.29, 1.82) is 5.26 Å². The molecule has 2 aliphatic rings. The molecular formula is C26H25N5O4. The summed E-state index contributed by atoms with van der Waals surface area (Å²) in [5, 5.41) is 24.3. The Morgan fingerprint density at radius 2 is 1.89 bits per heavy atom. The van der Waals surface area contributed by atoms with Crippen molar-refractivity contribution in [2.24, 2.45) is 0 Å². The lowest BCUT2D eigenvalue weighted by atomic mass is 9.90. The Kier molecular flexibility index (Phi) is 5.44. The minimum Gasteiger partial charge on any atom is -0.496 e. The standard InChI is InChI=1S/C26H25N5O4/c1-15-25(21-10-17(12-27)4-9-24(21)35-3)31(26(33)34)23-11-18(5-8-22(23)30(15)16(2)32)19-13-28-29(14-19)20-6-7-20/h4-5,8-11,13-15,20,25H,6-7H2,1-3H3,(H,33,34)/t15-,25?/m0/s1. The number of fused-ring (bicyclic) bond motifs is 1. The van der Waals surface area contributed by atoms with E-state index < -0.39 is 18.2 Å². The Morgan fingerprint density at radius 3 is 2.51 bits per heavy atom. The number of nitrogens with zero attached hydrogens (tertiary/aromatic N) is 5. The number of hydrogen-bond acceptors (Lipinski definition) is 5. The molecule has 0 bridgehead atoms. The number of carbonyl (C=O) groups is 2. The van der Waals surface area contributed by atoms with E-state index in [0.717, 1.165) is 24.0 Å². The van der Waals surface area contributed by atoms with Crippen molar-refractivity contribution in [3.05, 3.63) is 59.9 Å². The lowest BCUT2D eigenvalue weighted by Crippen LogP contribution is -2.53. The smallest absolute Gasteiger partial charge is 0.412 e. The Morgan fingerprint density at radius 1 is 1.11 bits per heavy atom. The first-order valence-corrected chi connectivity index (χ1v) is 11.4. The maximum atomic E-state index is 12.8. The molecule has 1 aromatic heterocycles. The highest BCUT2D eigenvalue weighted by Crippen LogP contribution is 2.48. The molecule has 1 aliphatic heterocycles. The van der Waals surface area contributed by atoms with Gasteiger partial charge in [0.05, 0.1) is 54.4 Å². The van der Waals surface area contributed by atoms with Crippen molar-refractivity contribution in [1.82, 2.24) is 9.78 Å². The molecule has 1 unspecified atom stereocenters. The van der Waals surface area contributed by atoms with Gasteiger partial charge in [0, 0.05) is 24.2 Å². The minimum atomic E-state index is -1.17. The van der Waals surface area contributed by atoms with Gasteiger partial charge in [0.15, 0.2) is 0 Å². The van der Waals surface area contributed by atoms with E-state index in [0.29, 0.717) is 34.3 Å². The summed E-state index contributed by atoms with van der Waals surface area (Å²) in [5.74, 6) is 0.236. The van der Waals surface area contributed by atoms with Gasteiger partial charge in [0.2, 0.25) is 5.91 Å². The third-order valence-electron chi connectivity index (χ3n) is 6.72. The van der Waals surface area contributed by atoms with Crippen LogP contribution >= 0.6 is 0 Å². The van der Waals surface area contributed by atoms with E-state index >= 15 is 0 Å². The second-order valence-electron chi connectivity index (χ2n) is 8.94. The predicted molar refractivity (Wildman–Crippen MR) is 130 cm³/mol. The van der Waals surface area contributed by atoms with Crippen molar-refractivity contribution >= 4 is 23.4 Å². The molecule has 9 nitrogen and oxygen atoms in total. The zero-order chi connectivity index (χ0) is 24.9. The zero-order valence-electron chi connectivity index (χ0n) is 19.7. The molecule has 2 amide bonds. The topological polar surface area (TPSA) is 112 Å². The van der Waals surface area contributed by atoms with Crippen LogP contribution in [0.2, 0.25) is 0 Å². The van der Waals surface area contributed by atoms with Gasteiger partial charge >= 0.3 is 6.09 Å². The number of benzene rings is 2. The molecule has 0 saturated heterocycles. The van der Waals surface area contributed by atoms with Crippen molar-refractivity contribution in [3.63, 3.8) is 0 Å². The Balaban J connectivity index is 1.70. The molecule has 5 rings (SSSR count). The van der Waals surface area contributed by atoms with Gasteiger partial charge < -0.3 is 14.7 Å². The average Bonchev–Trinajstić information content (AvgIpc) is 3.58. The molecule has 2 atom stereocenters. The van der Waals surface area contributed by atoms with Crippen LogP contribution in [-0.2, 0) is 4.79 Å². The molecule has 1 N–H and O–H groups in total. The SMILES string of the molecule is COc1ccc(C#N)cc1C1[C@H](C)N(C(C)=O)c2ccc(-c3cnn(C4CC4)c3)cc2N1C(=O)O. The molecule has 1 aliphatic carbocycles. The molecule has 9 heteroatoms.